The Labute approximate surface area is 183 Å². The number of carbonyl (C=O) groups excluding carboxylic acids is 1. The zero-order valence-electron chi connectivity index (χ0n) is 15.6. The standard InChI is InChI=1S/C20H13IN6O3/c1-11-8-16(26-30-11)19-24-23-18-14-4-2-3-5-15(14)20(25-27(18)19)29-10-13-7-6-12(9-22-13)17(21)28/h2-9H,10H2,1H3. The third-order valence-corrected chi connectivity index (χ3v) is 5.12. The van der Waals surface area contributed by atoms with Crippen molar-refractivity contribution >= 4 is 42.8 Å². The molecule has 0 spiro atoms. The minimum Gasteiger partial charge on any atom is -0.470 e. The molecule has 0 atom stereocenters. The maximum absolute atomic E-state index is 11.4. The molecule has 0 aliphatic carbocycles. The van der Waals surface area contributed by atoms with E-state index >= 15 is 0 Å². The number of fused-ring (bicyclic) bond motifs is 3. The largest absolute Gasteiger partial charge is 0.470 e. The van der Waals surface area contributed by atoms with Gasteiger partial charge in [-0.1, -0.05) is 23.4 Å². The molecule has 0 amide bonds. The van der Waals surface area contributed by atoms with Crippen LogP contribution in [-0.4, -0.2) is 33.7 Å². The highest BCUT2D eigenvalue weighted by Gasteiger charge is 2.18. The molecule has 4 heterocycles. The van der Waals surface area contributed by atoms with Gasteiger partial charge in [-0.2, -0.15) is 4.52 Å². The minimum absolute atomic E-state index is 0.0612. The Hall–Kier alpha value is -3.41. The van der Waals surface area contributed by atoms with Crippen molar-refractivity contribution in [3.63, 3.8) is 0 Å². The van der Waals surface area contributed by atoms with Gasteiger partial charge in [-0.05, 0) is 25.1 Å². The summed E-state index contributed by atoms with van der Waals surface area (Å²) in [5, 5.41) is 18.8. The number of aryl methyl sites for hydroxylation is 1. The Bertz CT molecular complexity index is 1390. The van der Waals surface area contributed by atoms with Crippen molar-refractivity contribution in [3.8, 4) is 17.4 Å². The highest BCUT2D eigenvalue weighted by Crippen LogP contribution is 2.29. The smallest absolute Gasteiger partial charge is 0.240 e. The normalized spacial score (nSPS) is 11.3. The molecule has 30 heavy (non-hydrogen) atoms. The monoisotopic (exact) mass is 512 g/mol. The molecule has 4 aromatic heterocycles. The average molecular weight is 512 g/mol. The molecule has 1 aromatic carbocycles. The van der Waals surface area contributed by atoms with Gasteiger partial charge in [0.15, 0.2) is 11.3 Å². The van der Waals surface area contributed by atoms with Crippen LogP contribution in [-0.2, 0) is 6.61 Å². The Morgan fingerprint density at radius 1 is 1.17 bits per heavy atom. The molecule has 0 bridgehead atoms. The maximum atomic E-state index is 11.4. The number of halogens is 1. The molecule has 0 saturated heterocycles. The highest BCUT2D eigenvalue weighted by atomic mass is 127. The first-order chi connectivity index (χ1) is 14.6. The summed E-state index contributed by atoms with van der Waals surface area (Å²) < 4.78 is 12.7. The van der Waals surface area contributed by atoms with Gasteiger partial charge in [0.1, 0.15) is 12.4 Å². The van der Waals surface area contributed by atoms with E-state index in [-0.39, 0.29) is 10.4 Å². The summed E-state index contributed by atoms with van der Waals surface area (Å²) in [4.78, 5) is 15.7. The summed E-state index contributed by atoms with van der Waals surface area (Å²) in [5.41, 5.74) is 2.35. The lowest BCUT2D eigenvalue weighted by molar-refractivity contribution is 0.110. The van der Waals surface area contributed by atoms with Crippen molar-refractivity contribution in [1.82, 2.24) is 30.0 Å². The lowest BCUT2D eigenvalue weighted by Gasteiger charge is -2.09. The van der Waals surface area contributed by atoms with Gasteiger partial charge in [0.2, 0.25) is 15.5 Å². The minimum atomic E-state index is -0.0612. The molecule has 0 aliphatic rings. The van der Waals surface area contributed by atoms with Gasteiger partial charge in [-0.15, -0.1) is 15.3 Å². The second-order valence-corrected chi connectivity index (χ2v) is 7.51. The molecular weight excluding hydrogens is 499 g/mol. The number of rotatable bonds is 5. The number of ether oxygens (including phenoxy) is 1. The van der Waals surface area contributed by atoms with Gasteiger partial charge in [-0.25, -0.2) is 0 Å². The molecule has 5 rings (SSSR count). The fourth-order valence-corrected chi connectivity index (χ4v) is 3.38. The van der Waals surface area contributed by atoms with Gasteiger partial charge >= 0.3 is 0 Å². The summed E-state index contributed by atoms with van der Waals surface area (Å²) in [6, 6.07) is 12.9. The first-order valence-corrected chi connectivity index (χ1v) is 10.0. The first kappa shape index (κ1) is 18.6. The van der Waals surface area contributed by atoms with Gasteiger partial charge in [0.25, 0.3) is 0 Å². The Morgan fingerprint density at radius 2 is 2.00 bits per heavy atom. The van der Waals surface area contributed by atoms with E-state index in [2.05, 4.69) is 25.4 Å². The van der Waals surface area contributed by atoms with Crippen LogP contribution in [0.1, 0.15) is 21.8 Å². The van der Waals surface area contributed by atoms with E-state index in [9.17, 15) is 4.79 Å². The van der Waals surface area contributed by atoms with E-state index in [1.165, 1.54) is 6.20 Å². The molecule has 0 N–H and O–H groups in total. The van der Waals surface area contributed by atoms with E-state index in [0.29, 0.717) is 40.1 Å². The summed E-state index contributed by atoms with van der Waals surface area (Å²) in [7, 11) is 0. The van der Waals surface area contributed by atoms with Crippen molar-refractivity contribution in [3.05, 3.63) is 65.7 Å². The fraction of sp³-hybridized carbons (Fsp3) is 0.100. The Balaban J connectivity index is 1.57. The van der Waals surface area contributed by atoms with E-state index in [1.54, 1.807) is 52.2 Å². The second kappa shape index (κ2) is 7.44. The van der Waals surface area contributed by atoms with Crippen molar-refractivity contribution in [2.75, 3.05) is 0 Å². The van der Waals surface area contributed by atoms with E-state index in [4.69, 9.17) is 9.26 Å². The Kier molecular flexibility index (Phi) is 4.62. The molecule has 9 nitrogen and oxygen atoms in total. The van der Waals surface area contributed by atoms with Crippen molar-refractivity contribution in [2.45, 2.75) is 13.5 Å². The molecule has 148 valence electrons. The predicted molar refractivity (Wildman–Crippen MR) is 115 cm³/mol. The summed E-state index contributed by atoms with van der Waals surface area (Å²) in [6.07, 6.45) is 1.53. The number of benzene rings is 1. The van der Waals surface area contributed by atoms with E-state index in [0.717, 1.165) is 10.8 Å². The van der Waals surface area contributed by atoms with E-state index in [1.807, 2.05) is 24.3 Å². The van der Waals surface area contributed by atoms with E-state index < -0.39 is 0 Å². The van der Waals surface area contributed by atoms with Crippen LogP contribution in [0, 0.1) is 6.92 Å². The number of aromatic nitrogens is 6. The number of carbonyl (C=O) groups is 1. The summed E-state index contributed by atoms with van der Waals surface area (Å²) >= 11 is 1.73. The highest BCUT2D eigenvalue weighted by molar-refractivity contribution is 14.1. The quantitative estimate of drug-likeness (QED) is 0.259. The third-order valence-electron chi connectivity index (χ3n) is 4.50. The van der Waals surface area contributed by atoms with Gasteiger partial charge in [0.05, 0.1) is 5.69 Å². The zero-order chi connectivity index (χ0) is 20.7. The number of nitrogens with zero attached hydrogens (tertiary/aromatic N) is 6. The molecular formula is C20H13IN6O3. The van der Waals surface area contributed by atoms with Gasteiger partial charge in [0, 0.05) is 51.2 Å². The number of hydrogen-bond donors (Lipinski definition) is 0. The van der Waals surface area contributed by atoms with Crippen LogP contribution in [0.25, 0.3) is 27.9 Å². The molecule has 0 saturated carbocycles. The third kappa shape index (κ3) is 3.28. The van der Waals surface area contributed by atoms with Crippen molar-refractivity contribution in [2.24, 2.45) is 0 Å². The van der Waals surface area contributed by atoms with Crippen LogP contribution in [0.3, 0.4) is 0 Å². The molecule has 0 radical (unpaired) electrons. The van der Waals surface area contributed by atoms with Crippen LogP contribution < -0.4 is 4.74 Å². The molecule has 0 fully saturated rings. The Morgan fingerprint density at radius 3 is 2.70 bits per heavy atom. The van der Waals surface area contributed by atoms with Crippen molar-refractivity contribution in [1.29, 1.82) is 0 Å². The zero-order valence-corrected chi connectivity index (χ0v) is 17.8. The number of hydrogen-bond acceptors (Lipinski definition) is 8. The van der Waals surface area contributed by atoms with Crippen molar-refractivity contribution < 1.29 is 14.1 Å². The fourth-order valence-electron chi connectivity index (χ4n) is 3.06. The predicted octanol–water partition coefficient (Wildman–Crippen LogP) is 3.79. The molecule has 5 aromatic rings. The second-order valence-electron chi connectivity index (χ2n) is 6.53. The SMILES string of the molecule is Cc1cc(-c2nnc3c4ccccc4c(OCc4ccc(C(=O)I)cn4)nn23)no1. The van der Waals surface area contributed by atoms with Crippen LogP contribution in [0.2, 0.25) is 0 Å². The molecule has 10 heteroatoms. The summed E-state index contributed by atoms with van der Waals surface area (Å²) in [5.74, 6) is 1.54. The van der Waals surface area contributed by atoms with Crippen LogP contribution in [0.5, 0.6) is 5.88 Å². The topological polar surface area (TPSA) is 108 Å². The summed E-state index contributed by atoms with van der Waals surface area (Å²) in [6.45, 7) is 2.00. The number of pyridine rings is 1. The van der Waals surface area contributed by atoms with Crippen LogP contribution in [0.15, 0.2) is 53.2 Å². The van der Waals surface area contributed by atoms with Gasteiger partial charge < -0.3 is 9.26 Å². The molecule has 0 aliphatic heterocycles. The first-order valence-electron chi connectivity index (χ1n) is 8.95. The molecule has 0 unspecified atom stereocenters. The van der Waals surface area contributed by atoms with Gasteiger partial charge in [-0.3, -0.25) is 9.78 Å². The maximum Gasteiger partial charge on any atom is 0.240 e. The van der Waals surface area contributed by atoms with Crippen LogP contribution >= 0.6 is 22.6 Å². The van der Waals surface area contributed by atoms with Crippen LogP contribution in [0.4, 0.5) is 0 Å². The lowest BCUT2D eigenvalue weighted by atomic mass is 10.2. The average Bonchev–Trinajstić information content (AvgIpc) is 3.38. The lowest BCUT2D eigenvalue weighted by Crippen LogP contribution is -2.05.